The van der Waals surface area contributed by atoms with Crippen molar-refractivity contribution in [1.82, 2.24) is 4.90 Å². The second-order valence-electron chi connectivity index (χ2n) is 4.57. The van der Waals surface area contributed by atoms with Gasteiger partial charge in [0.25, 0.3) is 0 Å². The molecule has 0 atom stereocenters. The van der Waals surface area contributed by atoms with E-state index >= 15 is 0 Å². The molecule has 0 bridgehead atoms. The maximum absolute atomic E-state index is 5.65. The lowest BCUT2D eigenvalue weighted by atomic mass is 10.2. The Hall–Kier alpha value is -0.380. The topological polar surface area (TPSA) is 29.3 Å². The molecule has 1 aromatic heterocycles. The lowest BCUT2D eigenvalue weighted by Crippen LogP contribution is -2.32. The third-order valence-electron chi connectivity index (χ3n) is 3.52. The van der Waals surface area contributed by atoms with Gasteiger partial charge in [-0.1, -0.05) is 19.8 Å². The molecule has 0 amide bonds. The number of hydrogen-bond acceptors (Lipinski definition) is 3. The van der Waals surface area contributed by atoms with Gasteiger partial charge in [-0.25, -0.2) is 0 Å². The van der Waals surface area contributed by atoms with Crippen molar-refractivity contribution in [2.75, 3.05) is 6.54 Å². The fourth-order valence-corrected chi connectivity index (χ4v) is 3.51. The summed E-state index contributed by atoms with van der Waals surface area (Å²) in [6, 6.07) is 5.24. The van der Waals surface area contributed by atoms with Crippen LogP contribution in [0.5, 0.6) is 0 Å². The molecule has 2 nitrogen and oxygen atoms in total. The zero-order valence-corrected chi connectivity index (χ0v) is 10.9. The SMILES string of the molecule is CCN(Cc1ccc(CN)s1)C1CCCC1. The van der Waals surface area contributed by atoms with Crippen molar-refractivity contribution in [3.05, 3.63) is 21.9 Å². The minimum absolute atomic E-state index is 0.681. The minimum Gasteiger partial charge on any atom is -0.326 e. The maximum Gasteiger partial charge on any atom is 0.0330 e. The van der Waals surface area contributed by atoms with Gasteiger partial charge in [-0.3, -0.25) is 4.90 Å². The summed E-state index contributed by atoms with van der Waals surface area (Å²) in [6.07, 6.45) is 5.62. The smallest absolute Gasteiger partial charge is 0.0330 e. The molecule has 1 aliphatic rings. The van der Waals surface area contributed by atoms with Crippen LogP contribution in [0.3, 0.4) is 0 Å². The van der Waals surface area contributed by atoms with Gasteiger partial charge >= 0.3 is 0 Å². The summed E-state index contributed by atoms with van der Waals surface area (Å²) in [6.45, 7) is 5.24. The summed E-state index contributed by atoms with van der Waals surface area (Å²) < 4.78 is 0. The summed E-state index contributed by atoms with van der Waals surface area (Å²) in [4.78, 5) is 5.39. The second-order valence-corrected chi connectivity index (χ2v) is 5.83. The van der Waals surface area contributed by atoms with E-state index in [1.54, 1.807) is 0 Å². The molecule has 0 aromatic carbocycles. The van der Waals surface area contributed by atoms with E-state index in [9.17, 15) is 0 Å². The highest BCUT2D eigenvalue weighted by atomic mass is 32.1. The number of nitrogens with zero attached hydrogens (tertiary/aromatic N) is 1. The van der Waals surface area contributed by atoms with Crippen LogP contribution in [0.4, 0.5) is 0 Å². The second kappa shape index (κ2) is 5.80. The molecule has 0 unspecified atom stereocenters. The molecule has 0 spiro atoms. The Kier molecular flexibility index (Phi) is 4.38. The number of thiophene rings is 1. The van der Waals surface area contributed by atoms with Crippen LogP contribution in [0, 0.1) is 0 Å². The Balaban J connectivity index is 1.94. The van der Waals surface area contributed by atoms with Gasteiger partial charge in [-0.2, -0.15) is 0 Å². The maximum atomic E-state index is 5.65. The fourth-order valence-electron chi connectivity index (χ4n) is 2.59. The molecule has 1 saturated carbocycles. The molecule has 2 N–H and O–H groups in total. The summed E-state index contributed by atoms with van der Waals surface area (Å²) in [5.41, 5.74) is 5.65. The zero-order chi connectivity index (χ0) is 11.4. The van der Waals surface area contributed by atoms with Gasteiger partial charge in [0.2, 0.25) is 0 Å². The third-order valence-corrected chi connectivity index (χ3v) is 4.62. The van der Waals surface area contributed by atoms with Crippen molar-refractivity contribution in [3.8, 4) is 0 Å². The average molecular weight is 238 g/mol. The van der Waals surface area contributed by atoms with Gasteiger partial charge in [0, 0.05) is 28.9 Å². The quantitative estimate of drug-likeness (QED) is 0.854. The van der Waals surface area contributed by atoms with E-state index in [0.29, 0.717) is 6.54 Å². The first-order valence-corrected chi connectivity index (χ1v) is 7.17. The predicted molar refractivity (Wildman–Crippen MR) is 70.6 cm³/mol. The summed E-state index contributed by atoms with van der Waals surface area (Å²) in [7, 11) is 0. The van der Waals surface area contributed by atoms with Crippen molar-refractivity contribution in [2.45, 2.75) is 51.7 Å². The van der Waals surface area contributed by atoms with Gasteiger partial charge in [0.15, 0.2) is 0 Å². The van der Waals surface area contributed by atoms with Crippen LogP contribution in [0.1, 0.15) is 42.4 Å². The van der Waals surface area contributed by atoms with E-state index in [0.717, 1.165) is 12.6 Å². The van der Waals surface area contributed by atoms with Gasteiger partial charge in [0.1, 0.15) is 0 Å². The Labute approximate surface area is 102 Å². The van der Waals surface area contributed by atoms with E-state index in [4.69, 9.17) is 5.73 Å². The largest absolute Gasteiger partial charge is 0.326 e. The molecule has 3 heteroatoms. The number of nitrogens with two attached hydrogens (primary N) is 1. The number of rotatable bonds is 5. The highest BCUT2D eigenvalue weighted by Gasteiger charge is 2.21. The van der Waals surface area contributed by atoms with Crippen molar-refractivity contribution < 1.29 is 0 Å². The van der Waals surface area contributed by atoms with Crippen LogP contribution >= 0.6 is 11.3 Å². The van der Waals surface area contributed by atoms with Crippen LogP contribution in [0.25, 0.3) is 0 Å². The first-order chi connectivity index (χ1) is 7.83. The third kappa shape index (κ3) is 2.84. The van der Waals surface area contributed by atoms with Crippen molar-refractivity contribution in [3.63, 3.8) is 0 Å². The van der Waals surface area contributed by atoms with Gasteiger partial charge in [-0.05, 0) is 31.5 Å². The van der Waals surface area contributed by atoms with Crippen LogP contribution < -0.4 is 5.73 Å². The molecule has 16 heavy (non-hydrogen) atoms. The Morgan fingerprint density at radius 3 is 2.56 bits per heavy atom. The van der Waals surface area contributed by atoms with Crippen LogP contribution in [0.2, 0.25) is 0 Å². The molecule has 1 aromatic rings. The summed E-state index contributed by atoms with van der Waals surface area (Å²) in [5.74, 6) is 0. The Morgan fingerprint density at radius 2 is 2.00 bits per heavy atom. The lowest BCUT2D eigenvalue weighted by molar-refractivity contribution is 0.202. The molecule has 0 saturated heterocycles. The van der Waals surface area contributed by atoms with Crippen LogP contribution in [-0.2, 0) is 13.1 Å². The molecule has 1 fully saturated rings. The highest BCUT2D eigenvalue weighted by molar-refractivity contribution is 7.11. The Morgan fingerprint density at radius 1 is 1.31 bits per heavy atom. The van der Waals surface area contributed by atoms with Crippen molar-refractivity contribution in [2.24, 2.45) is 5.73 Å². The van der Waals surface area contributed by atoms with E-state index in [1.165, 1.54) is 42.0 Å². The van der Waals surface area contributed by atoms with E-state index in [-0.39, 0.29) is 0 Å². The van der Waals surface area contributed by atoms with Crippen LogP contribution in [-0.4, -0.2) is 17.5 Å². The van der Waals surface area contributed by atoms with Crippen molar-refractivity contribution >= 4 is 11.3 Å². The molecule has 0 aliphatic heterocycles. The first kappa shape index (κ1) is 12.1. The Bertz CT molecular complexity index is 315. The summed E-state index contributed by atoms with van der Waals surface area (Å²) in [5, 5.41) is 0. The van der Waals surface area contributed by atoms with Crippen LogP contribution in [0.15, 0.2) is 12.1 Å². The molecule has 1 heterocycles. The molecule has 2 rings (SSSR count). The predicted octanol–water partition coefficient (Wildman–Crippen LogP) is 2.97. The van der Waals surface area contributed by atoms with E-state index < -0.39 is 0 Å². The fraction of sp³-hybridized carbons (Fsp3) is 0.692. The number of hydrogen-bond donors (Lipinski definition) is 1. The highest BCUT2D eigenvalue weighted by Crippen LogP contribution is 2.26. The monoisotopic (exact) mass is 238 g/mol. The van der Waals surface area contributed by atoms with E-state index in [2.05, 4.69) is 24.0 Å². The zero-order valence-electron chi connectivity index (χ0n) is 10.1. The van der Waals surface area contributed by atoms with E-state index in [1.807, 2.05) is 11.3 Å². The van der Waals surface area contributed by atoms with Gasteiger partial charge in [0.05, 0.1) is 0 Å². The average Bonchev–Trinajstić information content (AvgIpc) is 2.96. The molecular weight excluding hydrogens is 216 g/mol. The van der Waals surface area contributed by atoms with Crippen molar-refractivity contribution in [1.29, 1.82) is 0 Å². The molecular formula is C13H22N2S. The first-order valence-electron chi connectivity index (χ1n) is 6.35. The molecule has 0 radical (unpaired) electrons. The van der Waals surface area contributed by atoms with Gasteiger partial charge in [-0.15, -0.1) is 11.3 Å². The standard InChI is InChI=1S/C13H22N2S/c1-2-15(11-5-3-4-6-11)10-13-8-7-12(9-14)16-13/h7-8,11H,2-6,9-10,14H2,1H3. The summed E-state index contributed by atoms with van der Waals surface area (Å²) >= 11 is 1.87. The molecule has 90 valence electrons. The lowest BCUT2D eigenvalue weighted by Gasteiger charge is -2.26. The minimum atomic E-state index is 0.681. The van der Waals surface area contributed by atoms with Gasteiger partial charge < -0.3 is 5.73 Å². The normalized spacial score (nSPS) is 17.4. The molecule has 1 aliphatic carbocycles.